The summed E-state index contributed by atoms with van der Waals surface area (Å²) in [7, 11) is 1.56. The lowest BCUT2D eigenvalue weighted by molar-refractivity contribution is 0.112. The van der Waals surface area contributed by atoms with Crippen LogP contribution in [0.15, 0.2) is 34.8 Å². The Hall–Kier alpha value is -1.81. The monoisotopic (exact) mass is 348 g/mol. The Morgan fingerprint density at radius 1 is 1.19 bits per heavy atom. The summed E-state index contributed by atoms with van der Waals surface area (Å²) in [5.41, 5.74) is 4.08. The molecule has 0 amide bonds. The van der Waals surface area contributed by atoms with Crippen molar-refractivity contribution < 1.29 is 14.3 Å². The SMILES string of the molecule is COc1cc(C=O)cc(Br)c1OCc1c(C)cccc1C. The lowest BCUT2D eigenvalue weighted by Crippen LogP contribution is -2.03. The Kier molecular flexibility index (Phi) is 5.02. The third-order valence-electron chi connectivity index (χ3n) is 3.39. The first-order chi connectivity index (χ1) is 10.1. The second-order valence-electron chi connectivity index (χ2n) is 4.81. The summed E-state index contributed by atoms with van der Waals surface area (Å²) in [5.74, 6) is 1.14. The second kappa shape index (κ2) is 6.76. The second-order valence-corrected chi connectivity index (χ2v) is 5.67. The van der Waals surface area contributed by atoms with Gasteiger partial charge < -0.3 is 9.47 Å². The molecule has 0 fully saturated rings. The Bertz CT molecular complexity index is 645. The van der Waals surface area contributed by atoms with E-state index < -0.39 is 0 Å². The fourth-order valence-corrected chi connectivity index (χ4v) is 2.74. The maximum absolute atomic E-state index is 10.9. The van der Waals surface area contributed by atoms with Crippen LogP contribution in [0.2, 0.25) is 0 Å². The third kappa shape index (κ3) is 3.45. The van der Waals surface area contributed by atoms with Gasteiger partial charge in [0.05, 0.1) is 11.6 Å². The van der Waals surface area contributed by atoms with Crippen molar-refractivity contribution in [3.05, 3.63) is 57.1 Å². The van der Waals surface area contributed by atoms with Crippen LogP contribution < -0.4 is 9.47 Å². The molecule has 110 valence electrons. The van der Waals surface area contributed by atoms with Gasteiger partial charge in [-0.25, -0.2) is 0 Å². The van der Waals surface area contributed by atoms with Gasteiger partial charge in [-0.2, -0.15) is 0 Å². The summed E-state index contributed by atoms with van der Waals surface area (Å²) in [4.78, 5) is 10.9. The minimum Gasteiger partial charge on any atom is -0.493 e. The fourth-order valence-electron chi connectivity index (χ4n) is 2.17. The van der Waals surface area contributed by atoms with E-state index in [9.17, 15) is 4.79 Å². The van der Waals surface area contributed by atoms with E-state index in [1.807, 2.05) is 6.07 Å². The number of carbonyl (C=O) groups excluding carboxylic acids is 1. The largest absolute Gasteiger partial charge is 0.493 e. The van der Waals surface area contributed by atoms with Crippen LogP contribution in [0.3, 0.4) is 0 Å². The van der Waals surface area contributed by atoms with Gasteiger partial charge in [-0.15, -0.1) is 0 Å². The van der Waals surface area contributed by atoms with Gasteiger partial charge in [0.25, 0.3) is 0 Å². The molecule has 0 bridgehead atoms. The van der Waals surface area contributed by atoms with Gasteiger partial charge in [0.15, 0.2) is 11.5 Å². The molecule has 4 heteroatoms. The van der Waals surface area contributed by atoms with Gasteiger partial charge in [0.2, 0.25) is 0 Å². The number of benzene rings is 2. The number of ether oxygens (including phenoxy) is 2. The molecule has 0 aliphatic rings. The summed E-state index contributed by atoms with van der Waals surface area (Å²) < 4.78 is 11.9. The predicted octanol–water partition coefficient (Wildman–Crippen LogP) is 4.47. The van der Waals surface area contributed by atoms with Gasteiger partial charge in [-0.3, -0.25) is 4.79 Å². The molecule has 0 aromatic heterocycles. The summed E-state index contributed by atoms with van der Waals surface area (Å²) in [6.45, 7) is 4.58. The van der Waals surface area contributed by atoms with Gasteiger partial charge in [-0.05, 0) is 58.6 Å². The predicted molar refractivity (Wildman–Crippen MR) is 86.3 cm³/mol. The summed E-state index contributed by atoms with van der Waals surface area (Å²) in [6, 6.07) is 9.54. The minimum atomic E-state index is 0.452. The van der Waals surface area contributed by atoms with Gasteiger partial charge in [-0.1, -0.05) is 18.2 Å². The van der Waals surface area contributed by atoms with Crippen LogP contribution in [0.4, 0.5) is 0 Å². The maximum atomic E-state index is 10.9. The number of rotatable bonds is 5. The lowest BCUT2D eigenvalue weighted by Gasteiger charge is -2.15. The highest BCUT2D eigenvalue weighted by Crippen LogP contribution is 2.37. The number of hydrogen-bond donors (Lipinski definition) is 0. The van der Waals surface area contributed by atoms with E-state index in [0.29, 0.717) is 28.1 Å². The van der Waals surface area contributed by atoms with Crippen LogP contribution in [-0.4, -0.2) is 13.4 Å². The molecule has 0 spiro atoms. The number of aldehydes is 1. The van der Waals surface area contributed by atoms with E-state index in [2.05, 4.69) is 41.9 Å². The normalized spacial score (nSPS) is 10.3. The molecule has 0 saturated carbocycles. The standard InChI is InChI=1S/C17H17BrO3/c1-11-5-4-6-12(2)14(11)10-21-17-15(18)7-13(9-19)8-16(17)20-3/h4-9H,10H2,1-3H3. The van der Waals surface area contributed by atoms with Crippen molar-refractivity contribution in [2.75, 3.05) is 7.11 Å². The molecule has 0 atom stereocenters. The number of carbonyl (C=O) groups is 1. The van der Waals surface area contributed by atoms with Crippen molar-refractivity contribution >= 4 is 22.2 Å². The first kappa shape index (κ1) is 15.6. The molecule has 0 aliphatic heterocycles. The molecule has 2 aromatic carbocycles. The Balaban J connectivity index is 2.30. The summed E-state index contributed by atoms with van der Waals surface area (Å²) in [6.07, 6.45) is 0.780. The molecule has 0 unspecified atom stereocenters. The van der Waals surface area contributed by atoms with Crippen molar-refractivity contribution in [1.29, 1.82) is 0 Å². The van der Waals surface area contributed by atoms with E-state index in [4.69, 9.17) is 9.47 Å². The van der Waals surface area contributed by atoms with Gasteiger partial charge >= 0.3 is 0 Å². The average Bonchev–Trinajstić information content (AvgIpc) is 2.47. The molecule has 0 heterocycles. The quantitative estimate of drug-likeness (QED) is 0.748. The molecular weight excluding hydrogens is 332 g/mol. The Morgan fingerprint density at radius 3 is 2.43 bits per heavy atom. The van der Waals surface area contributed by atoms with Crippen LogP contribution in [0.5, 0.6) is 11.5 Å². The molecular formula is C17H17BrO3. The van der Waals surface area contributed by atoms with Crippen molar-refractivity contribution in [3.63, 3.8) is 0 Å². The van der Waals surface area contributed by atoms with E-state index in [-0.39, 0.29) is 0 Å². The van der Waals surface area contributed by atoms with E-state index in [0.717, 1.165) is 11.8 Å². The van der Waals surface area contributed by atoms with Crippen LogP contribution in [0.1, 0.15) is 27.0 Å². The first-order valence-electron chi connectivity index (χ1n) is 6.57. The van der Waals surface area contributed by atoms with Gasteiger partial charge in [0.1, 0.15) is 12.9 Å². The van der Waals surface area contributed by atoms with E-state index >= 15 is 0 Å². The highest BCUT2D eigenvalue weighted by Gasteiger charge is 2.13. The lowest BCUT2D eigenvalue weighted by atomic mass is 10.0. The van der Waals surface area contributed by atoms with Crippen LogP contribution in [0.25, 0.3) is 0 Å². The third-order valence-corrected chi connectivity index (χ3v) is 3.98. The number of hydrogen-bond acceptors (Lipinski definition) is 3. The molecule has 0 radical (unpaired) electrons. The fraction of sp³-hybridized carbons (Fsp3) is 0.235. The zero-order chi connectivity index (χ0) is 15.4. The minimum absolute atomic E-state index is 0.452. The molecule has 0 saturated heterocycles. The van der Waals surface area contributed by atoms with E-state index in [1.165, 1.54) is 11.1 Å². The van der Waals surface area contributed by atoms with Crippen molar-refractivity contribution in [2.45, 2.75) is 20.5 Å². The van der Waals surface area contributed by atoms with Crippen LogP contribution in [-0.2, 0) is 6.61 Å². The van der Waals surface area contributed by atoms with Crippen molar-refractivity contribution in [2.24, 2.45) is 0 Å². The van der Waals surface area contributed by atoms with Gasteiger partial charge in [0, 0.05) is 5.56 Å². The molecule has 3 nitrogen and oxygen atoms in total. The number of halogens is 1. The highest BCUT2D eigenvalue weighted by atomic mass is 79.9. The number of aryl methyl sites for hydroxylation is 2. The topological polar surface area (TPSA) is 35.5 Å². The molecule has 0 N–H and O–H groups in total. The zero-order valence-electron chi connectivity index (χ0n) is 12.3. The molecule has 2 aromatic rings. The van der Waals surface area contributed by atoms with E-state index in [1.54, 1.807) is 19.2 Å². The Morgan fingerprint density at radius 2 is 1.86 bits per heavy atom. The Labute approximate surface area is 133 Å². The molecule has 0 aliphatic carbocycles. The molecule has 21 heavy (non-hydrogen) atoms. The zero-order valence-corrected chi connectivity index (χ0v) is 13.9. The number of methoxy groups -OCH3 is 1. The highest BCUT2D eigenvalue weighted by molar-refractivity contribution is 9.10. The van der Waals surface area contributed by atoms with Crippen molar-refractivity contribution in [3.8, 4) is 11.5 Å². The first-order valence-corrected chi connectivity index (χ1v) is 7.36. The maximum Gasteiger partial charge on any atom is 0.175 e. The smallest absolute Gasteiger partial charge is 0.175 e. The van der Waals surface area contributed by atoms with Crippen LogP contribution >= 0.6 is 15.9 Å². The summed E-state index contributed by atoms with van der Waals surface area (Å²) in [5, 5.41) is 0. The van der Waals surface area contributed by atoms with Crippen LogP contribution in [0, 0.1) is 13.8 Å². The molecule has 2 rings (SSSR count). The van der Waals surface area contributed by atoms with Crippen molar-refractivity contribution in [1.82, 2.24) is 0 Å². The average molecular weight is 349 g/mol. The summed E-state index contributed by atoms with van der Waals surface area (Å²) >= 11 is 3.43.